The van der Waals surface area contributed by atoms with Gasteiger partial charge < -0.3 is 20.9 Å². The van der Waals surface area contributed by atoms with Crippen LogP contribution < -0.4 is 45.9 Å². The summed E-state index contributed by atoms with van der Waals surface area (Å²) in [7, 11) is -8.32. The molecule has 3 aromatic carbocycles. The first-order valence-electron chi connectivity index (χ1n) is 19.4. The molecule has 0 amide bonds. The van der Waals surface area contributed by atoms with Crippen LogP contribution in [0.3, 0.4) is 0 Å². The molecular formula is C44H54N4NaO6S2+. The third-order valence-corrected chi connectivity index (χ3v) is 13.0. The van der Waals surface area contributed by atoms with Crippen molar-refractivity contribution in [1.82, 2.24) is 0 Å². The van der Waals surface area contributed by atoms with Crippen molar-refractivity contribution in [3.63, 3.8) is 0 Å². The number of benzene rings is 3. The van der Waals surface area contributed by atoms with E-state index in [0.29, 0.717) is 50.1 Å². The second-order valence-corrected chi connectivity index (χ2v) is 19.2. The molecule has 0 aromatic heterocycles. The molecule has 0 atom stereocenters. The van der Waals surface area contributed by atoms with Crippen LogP contribution in [0.2, 0.25) is 0 Å². The summed E-state index contributed by atoms with van der Waals surface area (Å²) in [6.45, 7) is 10.0. The third-order valence-electron chi connectivity index (χ3n) is 11.5. The molecule has 2 heterocycles. The Kier molecular flexibility index (Phi) is 13.9. The minimum atomic E-state index is -4.28. The van der Waals surface area contributed by atoms with E-state index in [2.05, 4.69) is 85.7 Å². The zero-order valence-electron chi connectivity index (χ0n) is 33.8. The summed E-state index contributed by atoms with van der Waals surface area (Å²) < 4.78 is 68.6. The van der Waals surface area contributed by atoms with Crippen molar-refractivity contribution < 1.29 is 60.1 Å². The van der Waals surface area contributed by atoms with Crippen LogP contribution in [0.5, 0.6) is 0 Å². The van der Waals surface area contributed by atoms with Crippen LogP contribution in [0, 0.1) is 0 Å². The second-order valence-electron chi connectivity index (χ2n) is 16.1. The number of unbranched alkanes of at least 4 members (excludes halogenated alkanes) is 2. The van der Waals surface area contributed by atoms with Crippen molar-refractivity contribution in [3.8, 4) is 0 Å². The molecule has 3 aliphatic rings. The first-order valence-corrected chi connectivity index (χ1v) is 22.6. The minimum absolute atomic E-state index is 0. The van der Waals surface area contributed by atoms with Gasteiger partial charge in [0, 0.05) is 53.2 Å². The maximum Gasteiger partial charge on any atom is 1.00 e. The fourth-order valence-corrected chi connectivity index (χ4v) is 9.71. The van der Waals surface area contributed by atoms with Gasteiger partial charge in [0.05, 0.1) is 32.7 Å². The van der Waals surface area contributed by atoms with Crippen LogP contribution in [0.25, 0.3) is 5.57 Å². The van der Waals surface area contributed by atoms with Crippen molar-refractivity contribution in [2.75, 3.05) is 41.0 Å². The molecule has 0 spiro atoms. The molecule has 0 saturated heterocycles. The van der Waals surface area contributed by atoms with E-state index in [1.54, 1.807) is 0 Å². The molecule has 0 saturated carbocycles. The van der Waals surface area contributed by atoms with Crippen molar-refractivity contribution in [3.05, 3.63) is 125 Å². The zero-order chi connectivity index (χ0) is 40.5. The topological polar surface area (TPSA) is 170 Å². The largest absolute Gasteiger partial charge is 1.00 e. The number of hydrogen-bond acceptors (Lipinski definition) is 8. The fourth-order valence-electron chi connectivity index (χ4n) is 8.59. The van der Waals surface area contributed by atoms with Crippen LogP contribution in [0.15, 0.2) is 108 Å². The molecule has 3 aromatic rings. The first-order chi connectivity index (χ1) is 26.4. The van der Waals surface area contributed by atoms with E-state index in [4.69, 9.17) is 11.5 Å². The van der Waals surface area contributed by atoms with E-state index in [-0.39, 0.29) is 51.9 Å². The summed E-state index contributed by atoms with van der Waals surface area (Å²) in [5.41, 5.74) is 24.2. The molecule has 57 heavy (non-hydrogen) atoms. The summed E-state index contributed by atoms with van der Waals surface area (Å²) in [6, 6.07) is 22.4. The Hall–Kier alpha value is -3.49. The van der Waals surface area contributed by atoms with Crippen molar-refractivity contribution in [2.45, 2.75) is 83.5 Å². The molecular weight excluding hydrogens is 768 g/mol. The molecule has 5 N–H and O–H groups in total. The molecule has 2 aliphatic heterocycles. The van der Waals surface area contributed by atoms with Crippen LogP contribution in [0.4, 0.5) is 22.7 Å². The second kappa shape index (κ2) is 17.8. The molecule has 6 rings (SSSR count). The minimum Gasteiger partial charge on any atom is -0.748 e. The van der Waals surface area contributed by atoms with Gasteiger partial charge in [0.1, 0.15) is 6.54 Å². The molecule has 13 heteroatoms. The van der Waals surface area contributed by atoms with E-state index in [0.717, 1.165) is 58.8 Å². The molecule has 1 aliphatic carbocycles. The van der Waals surface area contributed by atoms with E-state index >= 15 is 0 Å². The van der Waals surface area contributed by atoms with Crippen molar-refractivity contribution >= 4 is 54.3 Å². The predicted octanol–water partition coefficient (Wildman–Crippen LogP) is 5.03. The van der Waals surface area contributed by atoms with Gasteiger partial charge in [-0.2, -0.15) is 13.0 Å². The van der Waals surface area contributed by atoms with Gasteiger partial charge in [-0.25, -0.2) is 8.42 Å². The Morgan fingerprint density at radius 2 is 1.49 bits per heavy atom. The smallest absolute Gasteiger partial charge is 0.748 e. The summed E-state index contributed by atoms with van der Waals surface area (Å²) in [6.07, 6.45) is 13.3. The number of hydrogen-bond donors (Lipinski definition) is 3. The molecule has 0 bridgehead atoms. The average molecular weight is 822 g/mol. The molecule has 298 valence electrons. The Bertz CT molecular complexity index is 2400. The fraction of sp³-hybridized carbons (Fsp3) is 0.386. The van der Waals surface area contributed by atoms with Gasteiger partial charge in [0.2, 0.25) is 5.69 Å². The third kappa shape index (κ3) is 10.0. The molecule has 0 fully saturated rings. The summed E-state index contributed by atoms with van der Waals surface area (Å²) in [5, 5.41) is 0. The summed E-state index contributed by atoms with van der Waals surface area (Å²) in [5.74, 6) is -0.644. The van der Waals surface area contributed by atoms with Gasteiger partial charge in [-0.05, 0) is 104 Å². The SMILES string of the molecule is CC1(C)C(C=CC2=C(c3ccc(N)c(N)c3)/C(=C/C=C3\N(CCCCS(=O)(=O)[O-])c4ccccc4C3(C)C)CCC2)=[N+](CCCCS(=O)(=O)O)c2ccccc21.[Na+]. The number of nitrogens with two attached hydrogens (primary N) is 2. The molecule has 0 unspecified atom stereocenters. The van der Waals surface area contributed by atoms with Gasteiger partial charge in [-0.3, -0.25) is 4.55 Å². The van der Waals surface area contributed by atoms with Gasteiger partial charge >= 0.3 is 29.6 Å². The van der Waals surface area contributed by atoms with E-state index in [9.17, 15) is 25.9 Å². The number of nitrogen functional groups attached to an aromatic ring is 2. The zero-order valence-corrected chi connectivity index (χ0v) is 37.4. The number of rotatable bonds is 14. The van der Waals surface area contributed by atoms with Crippen LogP contribution in [-0.2, 0) is 31.1 Å². The van der Waals surface area contributed by atoms with Gasteiger partial charge in [-0.1, -0.05) is 68.5 Å². The Labute approximate surface area is 360 Å². The normalized spacial score (nSPS) is 19.1. The summed E-state index contributed by atoms with van der Waals surface area (Å²) in [4.78, 5) is 2.26. The monoisotopic (exact) mass is 821 g/mol. The Balaban J connectivity index is 0.00000620. The van der Waals surface area contributed by atoms with E-state index < -0.39 is 20.2 Å². The molecule has 0 radical (unpaired) electrons. The maximum atomic E-state index is 11.5. The van der Waals surface area contributed by atoms with Crippen LogP contribution >= 0.6 is 0 Å². The number of fused-ring (bicyclic) bond motifs is 2. The maximum absolute atomic E-state index is 11.5. The number of anilines is 3. The van der Waals surface area contributed by atoms with Crippen molar-refractivity contribution in [1.29, 1.82) is 0 Å². The predicted molar refractivity (Wildman–Crippen MR) is 227 cm³/mol. The number of nitrogens with zero attached hydrogens (tertiary/aromatic N) is 2. The average Bonchev–Trinajstić information content (AvgIpc) is 3.48. The van der Waals surface area contributed by atoms with Crippen molar-refractivity contribution in [2.24, 2.45) is 0 Å². The first kappa shape index (κ1) is 44.6. The quantitative estimate of drug-likeness (QED) is 0.0665. The van der Waals surface area contributed by atoms with Crippen LogP contribution in [0.1, 0.15) is 89.3 Å². The van der Waals surface area contributed by atoms with E-state index in [1.807, 2.05) is 42.5 Å². The number of allylic oxidation sites excluding steroid dienone is 8. The van der Waals surface area contributed by atoms with Gasteiger partial charge in [0.15, 0.2) is 5.71 Å². The van der Waals surface area contributed by atoms with Gasteiger partial charge in [0.25, 0.3) is 10.1 Å². The Morgan fingerprint density at radius 3 is 2.19 bits per heavy atom. The molecule has 10 nitrogen and oxygen atoms in total. The number of para-hydroxylation sites is 2. The standard InChI is InChI=1S/C44H54N4O6S2.Na/c1-43(2)34-16-5-7-18-38(34)47(26-9-11-28-55(49,50)51)40(43)24-21-31-14-13-15-32(42(31)33-20-23-36(45)37(46)30-33)22-25-41-44(3,4)35-17-6-8-19-39(35)48(41)27-10-12-29-56(52,53)54;/h5-8,16-25,30,45H,9-15,26-29,46H2,1-4H3,(H2,49,50,51,52,53,54);/q;+1/b31-21+,40-24-;. The van der Waals surface area contributed by atoms with Gasteiger partial charge in [-0.15, -0.1) is 0 Å². The van der Waals surface area contributed by atoms with Crippen LogP contribution in [-0.4, -0.2) is 60.8 Å². The van der Waals surface area contributed by atoms with E-state index in [1.165, 1.54) is 16.7 Å². The summed E-state index contributed by atoms with van der Waals surface area (Å²) >= 11 is 0. The Morgan fingerprint density at radius 1 is 0.807 bits per heavy atom.